The molecule has 1 aliphatic heterocycles. The fourth-order valence-corrected chi connectivity index (χ4v) is 4.01. The quantitative estimate of drug-likeness (QED) is 0.496. The number of furan rings is 1. The first kappa shape index (κ1) is 22.8. The topological polar surface area (TPSA) is 52.3 Å². The van der Waals surface area contributed by atoms with Gasteiger partial charge in [0.25, 0.3) is 5.91 Å². The van der Waals surface area contributed by atoms with Crippen molar-refractivity contribution in [3.63, 3.8) is 0 Å². The average molecular weight is 445 g/mol. The maximum absolute atomic E-state index is 13.7. The Kier molecular flexibility index (Phi) is 7.25. The third-order valence-corrected chi connectivity index (χ3v) is 5.85. The Morgan fingerprint density at radius 2 is 1.76 bits per heavy atom. The van der Waals surface area contributed by atoms with Crippen LogP contribution in [0.25, 0.3) is 0 Å². The lowest BCUT2D eigenvalue weighted by Crippen LogP contribution is -2.46. The van der Waals surface area contributed by atoms with Gasteiger partial charge >= 0.3 is 0 Å². The Labute approximate surface area is 196 Å². The predicted molar refractivity (Wildman–Crippen MR) is 132 cm³/mol. The van der Waals surface area contributed by atoms with E-state index in [0.717, 1.165) is 36.5 Å². The summed E-state index contributed by atoms with van der Waals surface area (Å²) in [6.07, 6.45) is 3.17. The second kappa shape index (κ2) is 10.5. The van der Waals surface area contributed by atoms with Gasteiger partial charge in [0.15, 0.2) is 0 Å². The molecule has 3 aromatic rings. The summed E-state index contributed by atoms with van der Waals surface area (Å²) in [5.74, 6) is 1.54. The van der Waals surface area contributed by atoms with E-state index in [1.54, 1.807) is 11.2 Å². The molecule has 0 N–H and O–H groups in total. The summed E-state index contributed by atoms with van der Waals surface area (Å²) in [7, 11) is 4.10. The number of hydrogen-bond donors (Lipinski definition) is 0. The summed E-state index contributed by atoms with van der Waals surface area (Å²) in [4.78, 5) is 24.8. The van der Waals surface area contributed by atoms with E-state index in [-0.39, 0.29) is 5.91 Å². The van der Waals surface area contributed by atoms with Crippen molar-refractivity contribution in [2.24, 2.45) is 4.99 Å². The van der Waals surface area contributed by atoms with Gasteiger partial charge in [-0.05, 0) is 55.9 Å². The minimum Gasteiger partial charge on any atom is -0.467 e. The molecule has 0 saturated heterocycles. The predicted octanol–water partition coefficient (Wildman–Crippen LogP) is 4.22. The van der Waals surface area contributed by atoms with E-state index >= 15 is 0 Å². The van der Waals surface area contributed by atoms with Gasteiger partial charge in [0, 0.05) is 19.5 Å². The van der Waals surface area contributed by atoms with Crippen LogP contribution in [0.15, 0.2) is 82.4 Å². The van der Waals surface area contributed by atoms with Crippen LogP contribution in [0, 0.1) is 0 Å². The van der Waals surface area contributed by atoms with Crippen LogP contribution in [0.4, 0.5) is 5.69 Å². The number of aliphatic imine (C=N–C) groups is 1. The van der Waals surface area contributed by atoms with E-state index in [9.17, 15) is 4.79 Å². The molecular formula is C27H32N4O2. The average Bonchev–Trinajstić information content (AvgIpc) is 3.45. The molecule has 0 bridgehead atoms. The van der Waals surface area contributed by atoms with Gasteiger partial charge in [-0.15, -0.1) is 0 Å². The molecule has 4 rings (SSSR count). The molecule has 6 heteroatoms. The van der Waals surface area contributed by atoms with Crippen LogP contribution in [0.5, 0.6) is 0 Å². The van der Waals surface area contributed by atoms with Crippen molar-refractivity contribution in [3.05, 3.63) is 89.9 Å². The first-order chi connectivity index (χ1) is 16.0. The molecule has 33 heavy (non-hydrogen) atoms. The van der Waals surface area contributed by atoms with E-state index in [1.807, 2.05) is 56.6 Å². The first-order valence-electron chi connectivity index (χ1n) is 11.5. The highest BCUT2D eigenvalue weighted by Crippen LogP contribution is 2.27. The number of guanidine groups is 1. The monoisotopic (exact) mass is 444 g/mol. The second-order valence-electron chi connectivity index (χ2n) is 8.64. The normalized spacial score (nSPS) is 15.9. The van der Waals surface area contributed by atoms with Crippen LogP contribution in [0.1, 0.15) is 23.8 Å². The molecule has 1 amide bonds. The fourth-order valence-electron chi connectivity index (χ4n) is 4.01. The van der Waals surface area contributed by atoms with Gasteiger partial charge in [0.05, 0.1) is 18.5 Å². The number of carbonyl (C=O) groups excluding carboxylic acids is 1. The summed E-state index contributed by atoms with van der Waals surface area (Å²) >= 11 is 0. The molecule has 1 aliphatic rings. The number of likely N-dealkylation sites (N-methyl/N-ethyl adjacent to an activating group) is 1. The van der Waals surface area contributed by atoms with E-state index in [1.165, 1.54) is 5.56 Å². The largest absolute Gasteiger partial charge is 0.467 e. The second-order valence-corrected chi connectivity index (χ2v) is 8.64. The highest BCUT2D eigenvalue weighted by Gasteiger charge is 2.38. The minimum atomic E-state index is -0.453. The molecule has 2 aromatic carbocycles. The van der Waals surface area contributed by atoms with Crippen molar-refractivity contribution < 1.29 is 9.21 Å². The molecule has 2 heterocycles. The van der Waals surface area contributed by atoms with Gasteiger partial charge in [0.1, 0.15) is 11.8 Å². The van der Waals surface area contributed by atoms with E-state index in [4.69, 9.17) is 9.41 Å². The standard InChI is InChI=1S/C27H32N4O2/c1-4-21-12-8-13-23(18-21)31-26(32)25(19-22-10-6-5-7-11-22)28-27(31)30(16-15-29(2)3)20-24-14-9-17-33-24/h5-14,17-18,25H,4,15-16,19-20H2,1-3H3. The Bertz CT molecular complexity index is 1080. The van der Waals surface area contributed by atoms with Gasteiger partial charge in [-0.2, -0.15) is 0 Å². The van der Waals surface area contributed by atoms with Crippen LogP contribution >= 0.6 is 0 Å². The van der Waals surface area contributed by atoms with Crippen molar-refractivity contribution >= 4 is 17.6 Å². The molecule has 0 aliphatic carbocycles. The van der Waals surface area contributed by atoms with E-state index in [2.05, 4.69) is 41.0 Å². The highest BCUT2D eigenvalue weighted by molar-refractivity contribution is 6.22. The van der Waals surface area contributed by atoms with Gasteiger partial charge in [-0.25, -0.2) is 9.89 Å². The molecule has 6 nitrogen and oxygen atoms in total. The maximum Gasteiger partial charge on any atom is 0.259 e. The third-order valence-electron chi connectivity index (χ3n) is 5.85. The first-order valence-corrected chi connectivity index (χ1v) is 11.5. The van der Waals surface area contributed by atoms with E-state index < -0.39 is 6.04 Å². The number of nitrogens with zero attached hydrogens (tertiary/aromatic N) is 4. The summed E-state index contributed by atoms with van der Waals surface area (Å²) in [5, 5.41) is 0. The zero-order chi connectivity index (χ0) is 23.2. The van der Waals surface area contributed by atoms with Crippen LogP contribution in [-0.2, 0) is 24.2 Å². The summed E-state index contributed by atoms with van der Waals surface area (Å²) in [6, 6.07) is 21.7. The molecule has 1 unspecified atom stereocenters. The smallest absolute Gasteiger partial charge is 0.259 e. The number of anilines is 1. The SMILES string of the molecule is CCc1cccc(N2C(=O)C(Cc3ccccc3)N=C2N(CCN(C)C)Cc2ccco2)c1. The van der Waals surface area contributed by atoms with Crippen molar-refractivity contribution in [1.82, 2.24) is 9.80 Å². The van der Waals surface area contributed by atoms with Crippen LogP contribution in [0.3, 0.4) is 0 Å². The molecule has 0 radical (unpaired) electrons. The third kappa shape index (κ3) is 5.52. The van der Waals surface area contributed by atoms with Crippen LogP contribution in [0.2, 0.25) is 0 Å². The van der Waals surface area contributed by atoms with Crippen molar-refractivity contribution in [2.45, 2.75) is 32.4 Å². The summed E-state index contributed by atoms with van der Waals surface area (Å²) in [5.41, 5.74) is 3.16. The highest BCUT2D eigenvalue weighted by atomic mass is 16.3. The molecular weight excluding hydrogens is 412 g/mol. The fraction of sp³-hybridized carbons (Fsp3) is 0.333. The van der Waals surface area contributed by atoms with Gasteiger partial charge < -0.3 is 14.2 Å². The van der Waals surface area contributed by atoms with Crippen molar-refractivity contribution in [3.8, 4) is 0 Å². The zero-order valence-corrected chi connectivity index (χ0v) is 19.6. The maximum atomic E-state index is 13.7. The summed E-state index contributed by atoms with van der Waals surface area (Å²) < 4.78 is 5.64. The summed E-state index contributed by atoms with van der Waals surface area (Å²) in [6.45, 7) is 4.23. The minimum absolute atomic E-state index is 0.0106. The van der Waals surface area contributed by atoms with Crippen LogP contribution in [-0.4, -0.2) is 54.9 Å². The van der Waals surface area contributed by atoms with Crippen molar-refractivity contribution in [2.75, 3.05) is 32.1 Å². The lowest BCUT2D eigenvalue weighted by molar-refractivity contribution is -0.118. The number of aryl methyl sites for hydroxylation is 1. The lowest BCUT2D eigenvalue weighted by atomic mass is 10.1. The number of amides is 1. The van der Waals surface area contributed by atoms with E-state index in [0.29, 0.717) is 18.9 Å². The molecule has 1 atom stereocenters. The van der Waals surface area contributed by atoms with Gasteiger partial charge in [-0.3, -0.25) is 4.79 Å². The molecule has 0 spiro atoms. The Morgan fingerprint density at radius 1 is 0.970 bits per heavy atom. The van der Waals surface area contributed by atoms with Gasteiger partial charge in [-0.1, -0.05) is 49.4 Å². The Hall–Kier alpha value is -3.38. The Morgan fingerprint density at radius 3 is 2.45 bits per heavy atom. The molecule has 0 fully saturated rings. The van der Waals surface area contributed by atoms with Crippen molar-refractivity contribution in [1.29, 1.82) is 0 Å². The molecule has 172 valence electrons. The van der Waals surface area contributed by atoms with Crippen LogP contribution < -0.4 is 4.90 Å². The number of hydrogen-bond acceptors (Lipinski definition) is 5. The van der Waals surface area contributed by atoms with Gasteiger partial charge in [0.2, 0.25) is 5.96 Å². The zero-order valence-electron chi connectivity index (χ0n) is 19.6. The number of benzene rings is 2. The molecule has 0 saturated carbocycles. The number of rotatable bonds is 9. The Balaban J connectivity index is 1.71. The lowest BCUT2D eigenvalue weighted by Gasteiger charge is -2.30. The number of carbonyl (C=O) groups is 1. The molecule has 1 aromatic heterocycles.